The number of nitrogens with zero attached hydrogens (tertiary/aromatic N) is 2. The van der Waals surface area contributed by atoms with Crippen molar-refractivity contribution in [1.82, 2.24) is 4.57 Å². The van der Waals surface area contributed by atoms with Crippen molar-refractivity contribution in [2.24, 2.45) is 5.92 Å². The fourth-order valence-corrected chi connectivity index (χ4v) is 8.84. The number of hydrogen-bond acceptors (Lipinski definition) is 6. The number of halogens is 6. The van der Waals surface area contributed by atoms with Gasteiger partial charge in [0.05, 0.1) is 27.8 Å². The minimum Gasteiger partial charge on any atom is -0.325 e. The molecule has 0 unspecified atom stereocenters. The van der Waals surface area contributed by atoms with E-state index in [-0.39, 0.29) is 16.1 Å². The highest BCUT2D eigenvalue weighted by atomic mass is 32.2. The quantitative estimate of drug-likeness (QED) is 0.169. The van der Waals surface area contributed by atoms with Gasteiger partial charge in [0.2, 0.25) is 17.7 Å². The van der Waals surface area contributed by atoms with Crippen LogP contribution in [0.3, 0.4) is 0 Å². The molecule has 1 saturated heterocycles. The first-order chi connectivity index (χ1) is 22.9. The Labute approximate surface area is 283 Å². The number of alkyl halides is 6. The first-order valence-corrected chi connectivity index (χ1v) is 16.6. The van der Waals surface area contributed by atoms with E-state index in [0.717, 1.165) is 69.6 Å². The Kier molecular flexibility index (Phi) is 8.58. The highest BCUT2D eigenvalue weighted by molar-refractivity contribution is 8.00. The van der Waals surface area contributed by atoms with E-state index in [9.17, 15) is 45.5 Å². The number of thiazole rings is 1. The average Bonchev–Trinajstić information content (AvgIpc) is 3.46. The number of aromatic nitrogens is 1. The van der Waals surface area contributed by atoms with Gasteiger partial charge in [-0.15, -0.1) is 0 Å². The summed E-state index contributed by atoms with van der Waals surface area (Å²) in [5, 5.41) is 1.29. The first-order valence-electron chi connectivity index (χ1n) is 14.9. The van der Waals surface area contributed by atoms with Crippen LogP contribution in [-0.2, 0) is 38.7 Å². The number of anilines is 2. The Morgan fingerprint density at radius 3 is 2.12 bits per heavy atom. The number of thioether (sulfide) groups is 1. The highest BCUT2D eigenvalue weighted by Crippen LogP contribution is 2.54. The van der Waals surface area contributed by atoms with Crippen LogP contribution in [0.15, 0.2) is 82.6 Å². The van der Waals surface area contributed by atoms with Gasteiger partial charge < -0.3 is 5.32 Å². The molecule has 4 aromatic rings. The summed E-state index contributed by atoms with van der Waals surface area (Å²) in [7, 11) is 0. The number of para-hydroxylation sites is 1. The number of carbonyl (C=O) groups excluding carboxylic acids is 3. The van der Waals surface area contributed by atoms with Gasteiger partial charge in [0.15, 0.2) is 0 Å². The number of nitrogens with one attached hydrogen (secondary N) is 1. The molecule has 3 heterocycles. The van der Waals surface area contributed by atoms with Gasteiger partial charge >= 0.3 is 17.2 Å². The summed E-state index contributed by atoms with van der Waals surface area (Å²) in [6.45, 7) is 5.36. The number of hydrogen-bond donors (Lipinski definition) is 1. The molecule has 7 nitrogen and oxygen atoms in total. The molecule has 3 amide bonds. The van der Waals surface area contributed by atoms with Crippen molar-refractivity contribution in [3.05, 3.63) is 110 Å². The summed E-state index contributed by atoms with van der Waals surface area (Å²) in [5.41, 5.74) is -1.67. The fourth-order valence-electron chi connectivity index (χ4n) is 6.07. The first kappa shape index (κ1) is 34.5. The van der Waals surface area contributed by atoms with Crippen molar-refractivity contribution in [2.45, 2.75) is 61.3 Å². The Morgan fingerprint density at radius 1 is 0.816 bits per heavy atom. The summed E-state index contributed by atoms with van der Waals surface area (Å²) in [6, 6.07) is 15.4. The molecule has 2 aliphatic rings. The van der Waals surface area contributed by atoms with Crippen molar-refractivity contribution in [2.75, 3.05) is 10.2 Å². The molecule has 3 aromatic carbocycles. The van der Waals surface area contributed by atoms with E-state index < -0.39 is 75.4 Å². The van der Waals surface area contributed by atoms with Gasteiger partial charge in [-0.25, -0.2) is 4.90 Å². The second kappa shape index (κ2) is 12.2. The van der Waals surface area contributed by atoms with Gasteiger partial charge in [0.1, 0.15) is 11.8 Å². The lowest BCUT2D eigenvalue weighted by molar-refractivity contribution is -0.138. The summed E-state index contributed by atoms with van der Waals surface area (Å²) < 4.78 is 82.9. The fraction of sp³-hybridized carbons (Fsp3) is 0.294. The molecule has 15 heteroatoms. The third-order valence-corrected chi connectivity index (χ3v) is 11.0. The smallest absolute Gasteiger partial charge is 0.325 e. The SMILES string of the molecule is CC(C)(C)c1ccc([C@@H]2c3sc(=O)n(CC(=O)Nc4cccc(C(F)(F)F)c4)c3S[C@H]3C(=O)N(c4ccccc4C(F)(F)F)C(=O)[C@@H]23)cc1. The summed E-state index contributed by atoms with van der Waals surface area (Å²) in [4.78, 5) is 54.8. The molecular weight excluding hydrogens is 693 g/mol. The standard InChI is InChI=1S/C34H27F6N3O4S2/c1-32(2,3)18-13-11-17(12-14-18)24-25-26(29(46)43(28(25)45)22-10-5-4-9-21(22)34(38,39)40)48-30-27(24)49-31(47)42(30)16-23(44)41-20-8-6-7-19(15-20)33(35,36)37/h4-15,24-26H,16H2,1-3H3,(H,41,44)/t24-,25-,26+/m0/s1. The zero-order valence-electron chi connectivity index (χ0n) is 26.0. The van der Waals surface area contributed by atoms with Crippen LogP contribution in [0.2, 0.25) is 0 Å². The van der Waals surface area contributed by atoms with Gasteiger partial charge in [-0.1, -0.05) is 86.3 Å². The van der Waals surface area contributed by atoms with Crippen LogP contribution in [0, 0.1) is 5.92 Å². The number of rotatable bonds is 5. The molecule has 49 heavy (non-hydrogen) atoms. The maximum Gasteiger partial charge on any atom is 0.418 e. The van der Waals surface area contributed by atoms with Crippen molar-refractivity contribution >= 4 is 52.2 Å². The third kappa shape index (κ3) is 6.41. The summed E-state index contributed by atoms with van der Waals surface area (Å²) in [6.07, 6.45) is -9.52. The van der Waals surface area contributed by atoms with E-state index in [0.29, 0.717) is 15.3 Å². The van der Waals surface area contributed by atoms with Crippen LogP contribution in [0.5, 0.6) is 0 Å². The molecule has 0 radical (unpaired) electrons. The van der Waals surface area contributed by atoms with Crippen molar-refractivity contribution < 1.29 is 40.7 Å². The Balaban J connectivity index is 1.42. The molecule has 6 rings (SSSR count). The van der Waals surface area contributed by atoms with Crippen LogP contribution in [-0.4, -0.2) is 27.5 Å². The van der Waals surface area contributed by atoms with Gasteiger partial charge in [0.25, 0.3) is 0 Å². The minimum absolute atomic E-state index is 0.156. The van der Waals surface area contributed by atoms with Crippen molar-refractivity contribution in [1.29, 1.82) is 0 Å². The van der Waals surface area contributed by atoms with Gasteiger partial charge in [-0.2, -0.15) is 26.3 Å². The molecule has 1 aromatic heterocycles. The Hall–Kier alpha value is -4.37. The van der Waals surface area contributed by atoms with E-state index in [2.05, 4.69) is 5.32 Å². The predicted molar refractivity (Wildman–Crippen MR) is 173 cm³/mol. The number of benzene rings is 3. The average molecular weight is 720 g/mol. The van der Waals surface area contributed by atoms with Gasteiger partial charge in [-0.05, 0) is 46.9 Å². The molecule has 0 bridgehead atoms. The van der Waals surface area contributed by atoms with Crippen LogP contribution in [0.1, 0.15) is 53.8 Å². The van der Waals surface area contributed by atoms with E-state index in [1.165, 1.54) is 12.1 Å². The lowest BCUT2D eigenvalue weighted by Crippen LogP contribution is -2.33. The Bertz CT molecular complexity index is 2030. The molecule has 0 aliphatic carbocycles. The number of imide groups is 1. The van der Waals surface area contributed by atoms with Crippen LogP contribution >= 0.6 is 23.1 Å². The van der Waals surface area contributed by atoms with E-state index in [1.54, 1.807) is 12.1 Å². The van der Waals surface area contributed by atoms with E-state index in [1.807, 2.05) is 32.9 Å². The molecule has 1 fully saturated rings. The van der Waals surface area contributed by atoms with E-state index in [4.69, 9.17) is 0 Å². The number of carbonyl (C=O) groups is 3. The summed E-state index contributed by atoms with van der Waals surface area (Å²) in [5.74, 6) is -4.70. The molecule has 1 N–H and O–H groups in total. The zero-order valence-corrected chi connectivity index (χ0v) is 27.6. The second-order valence-electron chi connectivity index (χ2n) is 12.7. The maximum atomic E-state index is 14.1. The van der Waals surface area contributed by atoms with Crippen molar-refractivity contribution in [3.8, 4) is 0 Å². The molecule has 0 saturated carbocycles. The highest BCUT2D eigenvalue weighted by Gasteiger charge is 2.57. The number of amides is 3. The zero-order chi connectivity index (χ0) is 35.6. The van der Waals surface area contributed by atoms with Gasteiger partial charge in [0, 0.05) is 16.5 Å². The minimum atomic E-state index is -4.87. The third-order valence-electron chi connectivity index (χ3n) is 8.41. The molecule has 2 aliphatic heterocycles. The second-order valence-corrected chi connectivity index (χ2v) is 14.8. The van der Waals surface area contributed by atoms with Crippen LogP contribution in [0.25, 0.3) is 0 Å². The van der Waals surface area contributed by atoms with Crippen LogP contribution < -0.4 is 15.1 Å². The van der Waals surface area contributed by atoms with Gasteiger partial charge in [-0.3, -0.25) is 23.7 Å². The lowest BCUT2D eigenvalue weighted by Gasteiger charge is -2.31. The van der Waals surface area contributed by atoms with Crippen LogP contribution in [0.4, 0.5) is 37.7 Å². The van der Waals surface area contributed by atoms with Crippen molar-refractivity contribution in [3.63, 3.8) is 0 Å². The topological polar surface area (TPSA) is 88.5 Å². The Morgan fingerprint density at radius 2 is 1.49 bits per heavy atom. The molecular formula is C34H27F6N3O4S2. The predicted octanol–water partition coefficient (Wildman–Crippen LogP) is 7.68. The number of fused-ring (bicyclic) bond motifs is 2. The maximum absolute atomic E-state index is 14.1. The molecule has 256 valence electrons. The summed E-state index contributed by atoms with van der Waals surface area (Å²) >= 11 is 1.55. The molecule has 0 spiro atoms. The lowest BCUT2D eigenvalue weighted by atomic mass is 9.81. The monoisotopic (exact) mass is 719 g/mol. The van der Waals surface area contributed by atoms with E-state index >= 15 is 0 Å². The largest absolute Gasteiger partial charge is 0.418 e. The molecule has 3 atom stereocenters. The normalized spacial score (nSPS) is 19.5.